The Labute approximate surface area is 172 Å². The summed E-state index contributed by atoms with van der Waals surface area (Å²) >= 11 is 0. The monoisotopic (exact) mass is 494 g/mol. The molecule has 2 rings (SSSR count). The zero-order chi connectivity index (χ0) is 18.3. The second-order valence-corrected chi connectivity index (χ2v) is 8.49. The predicted molar refractivity (Wildman–Crippen MR) is 115 cm³/mol. The fraction of sp³-hybridized carbons (Fsp3) is 0.529. The average molecular weight is 494 g/mol. The predicted octanol–water partition coefficient (Wildman–Crippen LogP) is 0.971. The Morgan fingerprint density at radius 3 is 2.69 bits per heavy atom. The fourth-order valence-electron chi connectivity index (χ4n) is 2.73. The number of rotatable bonds is 6. The van der Waals surface area contributed by atoms with Crippen LogP contribution in [0.1, 0.15) is 24.0 Å². The van der Waals surface area contributed by atoms with Crippen molar-refractivity contribution in [2.75, 3.05) is 25.1 Å². The summed E-state index contributed by atoms with van der Waals surface area (Å²) in [6, 6.07) is 7.94. The lowest BCUT2D eigenvalue weighted by Crippen LogP contribution is -2.40. The molecule has 0 aromatic heterocycles. The normalized spacial score (nSPS) is 18.7. The van der Waals surface area contributed by atoms with Crippen LogP contribution in [0.3, 0.4) is 0 Å². The number of hydrogen-bond donors (Lipinski definition) is 3. The van der Waals surface area contributed by atoms with Crippen molar-refractivity contribution in [3.8, 4) is 0 Å². The highest BCUT2D eigenvalue weighted by Gasteiger charge is 2.28. The first-order valence-electron chi connectivity index (χ1n) is 8.38. The zero-order valence-electron chi connectivity index (χ0n) is 15.1. The van der Waals surface area contributed by atoms with Crippen LogP contribution in [0, 0.1) is 6.92 Å². The average Bonchev–Trinajstić information content (AvgIpc) is 2.89. The van der Waals surface area contributed by atoms with Gasteiger partial charge >= 0.3 is 0 Å². The van der Waals surface area contributed by atoms with E-state index < -0.39 is 9.84 Å². The molecule has 1 saturated heterocycles. The van der Waals surface area contributed by atoms with Gasteiger partial charge in [0.15, 0.2) is 15.8 Å². The van der Waals surface area contributed by atoms with Crippen molar-refractivity contribution >= 4 is 45.7 Å². The summed E-state index contributed by atoms with van der Waals surface area (Å²) in [4.78, 5) is 16.0. The SMILES string of the molecule is CN=C(NCCC(=O)NC1CCS(=O)(=O)C1)NCc1cccc(C)c1.I. The number of nitrogens with zero attached hydrogens (tertiary/aromatic N) is 1. The second-order valence-electron chi connectivity index (χ2n) is 6.26. The molecule has 1 aromatic rings. The van der Waals surface area contributed by atoms with Crippen molar-refractivity contribution in [1.82, 2.24) is 16.0 Å². The molecule has 0 spiro atoms. The van der Waals surface area contributed by atoms with E-state index in [4.69, 9.17) is 0 Å². The minimum absolute atomic E-state index is 0. The molecule has 146 valence electrons. The van der Waals surface area contributed by atoms with E-state index in [1.54, 1.807) is 7.05 Å². The number of carbonyl (C=O) groups is 1. The lowest BCUT2D eigenvalue weighted by Gasteiger charge is -2.13. The summed E-state index contributed by atoms with van der Waals surface area (Å²) in [6.45, 7) is 3.12. The van der Waals surface area contributed by atoms with E-state index in [9.17, 15) is 13.2 Å². The Balaban J connectivity index is 0.00000338. The van der Waals surface area contributed by atoms with E-state index in [-0.39, 0.29) is 53.9 Å². The maximum Gasteiger partial charge on any atom is 0.222 e. The molecule has 26 heavy (non-hydrogen) atoms. The van der Waals surface area contributed by atoms with E-state index in [1.807, 2.05) is 25.1 Å². The molecule has 1 aliphatic rings. The number of sulfone groups is 1. The molecule has 7 nitrogen and oxygen atoms in total. The van der Waals surface area contributed by atoms with Crippen molar-refractivity contribution in [3.05, 3.63) is 35.4 Å². The highest BCUT2D eigenvalue weighted by atomic mass is 127. The summed E-state index contributed by atoms with van der Waals surface area (Å²) in [5.74, 6) is 0.680. The van der Waals surface area contributed by atoms with Crippen molar-refractivity contribution in [2.24, 2.45) is 4.99 Å². The first kappa shape index (κ1) is 22.7. The molecular weight excluding hydrogens is 467 g/mol. The molecule has 1 aromatic carbocycles. The van der Waals surface area contributed by atoms with Crippen molar-refractivity contribution in [2.45, 2.75) is 32.4 Å². The quantitative estimate of drug-likeness (QED) is 0.311. The third-order valence-corrected chi connectivity index (χ3v) is 5.78. The van der Waals surface area contributed by atoms with Crippen LogP contribution in [0.5, 0.6) is 0 Å². The Bertz CT molecular complexity index is 737. The van der Waals surface area contributed by atoms with Crippen molar-refractivity contribution < 1.29 is 13.2 Å². The molecule has 1 fully saturated rings. The minimum atomic E-state index is -2.98. The van der Waals surface area contributed by atoms with Crippen LogP contribution in [0.4, 0.5) is 0 Å². The molecule has 9 heteroatoms. The van der Waals surface area contributed by atoms with Gasteiger partial charge in [-0.05, 0) is 18.9 Å². The summed E-state index contributed by atoms with van der Waals surface area (Å²) in [5.41, 5.74) is 2.36. The number of benzene rings is 1. The molecule has 0 radical (unpaired) electrons. The van der Waals surface area contributed by atoms with Gasteiger partial charge in [0.25, 0.3) is 0 Å². The molecule has 1 heterocycles. The first-order chi connectivity index (χ1) is 11.9. The number of guanidine groups is 1. The highest BCUT2D eigenvalue weighted by molar-refractivity contribution is 14.0. The van der Waals surface area contributed by atoms with Crippen LogP contribution in [0.15, 0.2) is 29.3 Å². The van der Waals surface area contributed by atoms with E-state index in [1.165, 1.54) is 5.56 Å². The molecule has 3 N–H and O–H groups in total. The summed E-state index contributed by atoms with van der Waals surface area (Å²) in [7, 11) is -1.30. The van der Waals surface area contributed by atoms with E-state index in [0.717, 1.165) is 5.56 Å². The third-order valence-electron chi connectivity index (χ3n) is 4.01. The van der Waals surface area contributed by atoms with Gasteiger partial charge in [-0.2, -0.15) is 0 Å². The lowest BCUT2D eigenvalue weighted by molar-refractivity contribution is -0.121. The first-order valence-corrected chi connectivity index (χ1v) is 10.2. The van der Waals surface area contributed by atoms with Gasteiger partial charge in [-0.15, -0.1) is 24.0 Å². The van der Waals surface area contributed by atoms with Gasteiger partial charge in [-0.25, -0.2) is 8.42 Å². The van der Waals surface area contributed by atoms with Crippen LogP contribution in [-0.4, -0.2) is 51.4 Å². The van der Waals surface area contributed by atoms with Gasteiger partial charge < -0.3 is 16.0 Å². The van der Waals surface area contributed by atoms with Gasteiger partial charge in [0.05, 0.1) is 11.5 Å². The maximum atomic E-state index is 11.9. The Morgan fingerprint density at radius 1 is 1.31 bits per heavy atom. The number of nitrogens with one attached hydrogen (secondary N) is 3. The van der Waals surface area contributed by atoms with Crippen molar-refractivity contribution in [3.63, 3.8) is 0 Å². The molecule has 0 aliphatic carbocycles. The third kappa shape index (κ3) is 7.90. The van der Waals surface area contributed by atoms with Gasteiger partial charge in [-0.1, -0.05) is 29.8 Å². The van der Waals surface area contributed by atoms with Crippen LogP contribution < -0.4 is 16.0 Å². The van der Waals surface area contributed by atoms with Crippen LogP contribution in [0.25, 0.3) is 0 Å². The Kier molecular flexibility index (Phi) is 9.34. The number of aryl methyl sites for hydroxylation is 1. The highest BCUT2D eigenvalue weighted by Crippen LogP contribution is 2.11. The molecule has 1 aliphatic heterocycles. The summed E-state index contributed by atoms with van der Waals surface area (Å²) < 4.78 is 22.8. The van der Waals surface area contributed by atoms with Crippen LogP contribution >= 0.6 is 24.0 Å². The largest absolute Gasteiger partial charge is 0.356 e. The standard InChI is InChI=1S/C17H26N4O3S.HI/c1-13-4-3-5-14(10-13)11-20-17(18-2)19-8-6-16(22)21-15-7-9-25(23,24)12-15;/h3-5,10,15H,6-9,11-12H2,1-2H3,(H,21,22)(H2,18,19,20);1H. The zero-order valence-corrected chi connectivity index (χ0v) is 18.3. The van der Waals surface area contributed by atoms with E-state index in [0.29, 0.717) is 25.5 Å². The van der Waals surface area contributed by atoms with Crippen molar-refractivity contribution in [1.29, 1.82) is 0 Å². The number of amides is 1. The van der Waals surface area contributed by atoms with E-state index in [2.05, 4.69) is 27.0 Å². The van der Waals surface area contributed by atoms with Crippen LogP contribution in [0.2, 0.25) is 0 Å². The van der Waals surface area contributed by atoms with Gasteiger partial charge in [0.2, 0.25) is 5.91 Å². The molecule has 1 unspecified atom stereocenters. The minimum Gasteiger partial charge on any atom is -0.356 e. The van der Waals surface area contributed by atoms with Gasteiger partial charge in [0.1, 0.15) is 0 Å². The summed E-state index contributed by atoms with van der Waals surface area (Å²) in [6.07, 6.45) is 0.767. The topological polar surface area (TPSA) is 99.7 Å². The van der Waals surface area contributed by atoms with Gasteiger partial charge in [0, 0.05) is 32.6 Å². The lowest BCUT2D eigenvalue weighted by atomic mass is 10.1. The number of aliphatic imine (C=N–C) groups is 1. The molecular formula is C17H27IN4O3S. The summed E-state index contributed by atoms with van der Waals surface area (Å²) in [5, 5.41) is 9.06. The van der Waals surface area contributed by atoms with Crippen LogP contribution in [-0.2, 0) is 21.2 Å². The molecule has 0 bridgehead atoms. The maximum absolute atomic E-state index is 11.9. The Morgan fingerprint density at radius 2 is 2.08 bits per heavy atom. The number of halogens is 1. The molecule has 1 amide bonds. The number of carbonyl (C=O) groups excluding carboxylic acids is 1. The van der Waals surface area contributed by atoms with Gasteiger partial charge in [-0.3, -0.25) is 9.79 Å². The molecule has 1 atom stereocenters. The Hall–Kier alpha value is -1.36. The fourth-order valence-corrected chi connectivity index (χ4v) is 4.40. The second kappa shape index (κ2) is 10.7. The van der Waals surface area contributed by atoms with E-state index >= 15 is 0 Å². The molecule has 0 saturated carbocycles. The smallest absolute Gasteiger partial charge is 0.222 e. The number of hydrogen-bond acceptors (Lipinski definition) is 4.